The van der Waals surface area contributed by atoms with E-state index in [0.717, 1.165) is 23.1 Å². The fraction of sp³-hybridized carbons (Fsp3) is 0.409. The standard InChI is InChI=1S/C22H27N/c1-2-3-4-5-6-7-9-15-20-16-12-17-21(22(20)18-23)19-13-10-8-11-14-19/h8,10-14,16-17H,2-7,9,15H2,1H3. The van der Waals surface area contributed by atoms with Crippen LogP contribution in [0.15, 0.2) is 48.5 Å². The van der Waals surface area contributed by atoms with E-state index in [1.165, 1.54) is 50.5 Å². The van der Waals surface area contributed by atoms with Gasteiger partial charge in [0.25, 0.3) is 0 Å². The van der Waals surface area contributed by atoms with Crippen LogP contribution >= 0.6 is 0 Å². The molecular weight excluding hydrogens is 278 g/mol. The van der Waals surface area contributed by atoms with Crippen LogP contribution in [0.2, 0.25) is 0 Å². The Labute approximate surface area is 141 Å². The zero-order chi connectivity index (χ0) is 16.3. The molecule has 0 spiro atoms. The summed E-state index contributed by atoms with van der Waals surface area (Å²) in [5, 5.41) is 9.61. The molecule has 0 aliphatic heterocycles. The van der Waals surface area contributed by atoms with Gasteiger partial charge in [0, 0.05) is 0 Å². The predicted octanol–water partition coefficient (Wildman–Crippen LogP) is 6.52. The number of unbranched alkanes of at least 4 members (excludes halogenated alkanes) is 6. The third-order valence-electron chi connectivity index (χ3n) is 4.40. The highest BCUT2D eigenvalue weighted by Gasteiger charge is 2.09. The molecule has 120 valence electrons. The van der Waals surface area contributed by atoms with Crippen molar-refractivity contribution in [1.29, 1.82) is 5.26 Å². The van der Waals surface area contributed by atoms with Crippen molar-refractivity contribution < 1.29 is 0 Å². The first-order valence-corrected chi connectivity index (χ1v) is 8.94. The number of hydrogen-bond donors (Lipinski definition) is 0. The third-order valence-corrected chi connectivity index (χ3v) is 4.40. The number of hydrogen-bond acceptors (Lipinski definition) is 1. The maximum Gasteiger partial charge on any atom is 0.100 e. The summed E-state index contributed by atoms with van der Waals surface area (Å²) in [5.41, 5.74) is 4.24. The first-order valence-electron chi connectivity index (χ1n) is 8.94. The molecule has 0 aliphatic carbocycles. The monoisotopic (exact) mass is 305 g/mol. The maximum atomic E-state index is 9.61. The van der Waals surface area contributed by atoms with Gasteiger partial charge in [-0.2, -0.15) is 5.26 Å². The normalized spacial score (nSPS) is 10.4. The van der Waals surface area contributed by atoms with Crippen molar-refractivity contribution in [3.63, 3.8) is 0 Å². The van der Waals surface area contributed by atoms with E-state index >= 15 is 0 Å². The van der Waals surface area contributed by atoms with Crippen LogP contribution < -0.4 is 0 Å². The number of nitriles is 1. The summed E-state index contributed by atoms with van der Waals surface area (Å²) in [4.78, 5) is 0. The van der Waals surface area contributed by atoms with E-state index in [1.807, 2.05) is 18.2 Å². The highest BCUT2D eigenvalue weighted by Crippen LogP contribution is 2.26. The summed E-state index contributed by atoms with van der Waals surface area (Å²) in [7, 11) is 0. The largest absolute Gasteiger partial charge is 0.192 e. The van der Waals surface area contributed by atoms with Crippen molar-refractivity contribution in [2.24, 2.45) is 0 Å². The van der Waals surface area contributed by atoms with Gasteiger partial charge in [-0.1, -0.05) is 94.0 Å². The Hall–Kier alpha value is -2.07. The van der Waals surface area contributed by atoms with Crippen molar-refractivity contribution in [2.45, 2.75) is 58.3 Å². The minimum Gasteiger partial charge on any atom is -0.192 e. The van der Waals surface area contributed by atoms with Gasteiger partial charge < -0.3 is 0 Å². The smallest absolute Gasteiger partial charge is 0.100 e. The Balaban J connectivity index is 1.96. The molecule has 0 N–H and O–H groups in total. The molecule has 23 heavy (non-hydrogen) atoms. The lowest BCUT2D eigenvalue weighted by Crippen LogP contribution is -1.94. The van der Waals surface area contributed by atoms with E-state index in [9.17, 15) is 5.26 Å². The molecule has 0 amide bonds. The SMILES string of the molecule is CCCCCCCCCc1cccc(-c2ccccc2)c1C#N. The van der Waals surface area contributed by atoms with Gasteiger partial charge >= 0.3 is 0 Å². The van der Waals surface area contributed by atoms with Crippen LogP contribution in [-0.4, -0.2) is 0 Å². The number of nitrogens with zero attached hydrogens (tertiary/aromatic N) is 1. The summed E-state index contributed by atoms with van der Waals surface area (Å²) >= 11 is 0. The number of aryl methyl sites for hydroxylation is 1. The second kappa shape index (κ2) is 9.85. The molecule has 0 radical (unpaired) electrons. The van der Waals surface area contributed by atoms with Gasteiger partial charge in [0.05, 0.1) is 5.56 Å². The second-order valence-corrected chi connectivity index (χ2v) is 6.19. The Morgan fingerprint density at radius 1 is 0.783 bits per heavy atom. The van der Waals surface area contributed by atoms with E-state index in [-0.39, 0.29) is 0 Å². The molecule has 1 nitrogen and oxygen atoms in total. The van der Waals surface area contributed by atoms with Crippen LogP contribution in [0.5, 0.6) is 0 Å². The van der Waals surface area contributed by atoms with E-state index in [4.69, 9.17) is 0 Å². The second-order valence-electron chi connectivity index (χ2n) is 6.19. The number of rotatable bonds is 9. The highest BCUT2D eigenvalue weighted by molar-refractivity contribution is 5.72. The van der Waals surface area contributed by atoms with Gasteiger partial charge in [-0.15, -0.1) is 0 Å². The van der Waals surface area contributed by atoms with Gasteiger partial charge in [0.15, 0.2) is 0 Å². The first-order chi connectivity index (χ1) is 11.4. The zero-order valence-electron chi connectivity index (χ0n) is 14.2. The molecule has 0 aliphatic rings. The van der Waals surface area contributed by atoms with Crippen LogP contribution in [-0.2, 0) is 6.42 Å². The van der Waals surface area contributed by atoms with Gasteiger partial charge in [0.2, 0.25) is 0 Å². The zero-order valence-corrected chi connectivity index (χ0v) is 14.2. The summed E-state index contributed by atoms with van der Waals surface area (Å²) in [6.45, 7) is 2.25. The van der Waals surface area contributed by atoms with Crippen LogP contribution in [0, 0.1) is 11.3 Å². The van der Waals surface area contributed by atoms with Crippen molar-refractivity contribution in [2.75, 3.05) is 0 Å². The van der Waals surface area contributed by atoms with Crippen LogP contribution in [0.1, 0.15) is 63.0 Å². The molecule has 2 aromatic rings. The molecular formula is C22H27N. The highest BCUT2D eigenvalue weighted by atomic mass is 14.3. The van der Waals surface area contributed by atoms with Crippen LogP contribution in [0.4, 0.5) is 0 Å². The van der Waals surface area contributed by atoms with Crippen molar-refractivity contribution in [3.05, 3.63) is 59.7 Å². The average Bonchev–Trinajstić information content (AvgIpc) is 2.61. The quantitative estimate of drug-likeness (QED) is 0.484. The number of benzene rings is 2. The Kier molecular flexibility index (Phi) is 7.40. The predicted molar refractivity (Wildman–Crippen MR) is 98.3 cm³/mol. The van der Waals surface area contributed by atoms with Gasteiger partial charge in [-0.3, -0.25) is 0 Å². The lowest BCUT2D eigenvalue weighted by atomic mass is 9.93. The first kappa shape index (κ1) is 17.3. The van der Waals surface area contributed by atoms with E-state index in [0.29, 0.717) is 0 Å². The van der Waals surface area contributed by atoms with Crippen LogP contribution in [0.3, 0.4) is 0 Å². The summed E-state index contributed by atoms with van der Waals surface area (Å²) in [6, 6.07) is 18.9. The van der Waals surface area contributed by atoms with Crippen molar-refractivity contribution >= 4 is 0 Å². The lowest BCUT2D eigenvalue weighted by molar-refractivity contribution is 0.589. The fourth-order valence-corrected chi connectivity index (χ4v) is 3.07. The minimum atomic E-state index is 0.852. The molecule has 0 atom stereocenters. The molecule has 0 unspecified atom stereocenters. The molecule has 2 rings (SSSR count). The van der Waals surface area contributed by atoms with E-state index < -0.39 is 0 Å². The average molecular weight is 305 g/mol. The molecule has 0 fully saturated rings. The molecule has 0 aromatic heterocycles. The van der Waals surface area contributed by atoms with Crippen molar-refractivity contribution in [3.8, 4) is 17.2 Å². The Bertz CT molecular complexity index is 622. The molecule has 0 heterocycles. The van der Waals surface area contributed by atoms with E-state index in [2.05, 4.69) is 43.3 Å². The molecule has 2 aromatic carbocycles. The van der Waals surface area contributed by atoms with Gasteiger partial charge in [-0.25, -0.2) is 0 Å². The molecule has 1 heteroatoms. The van der Waals surface area contributed by atoms with Gasteiger partial charge in [0.1, 0.15) is 6.07 Å². The summed E-state index contributed by atoms with van der Waals surface area (Å²) in [5.74, 6) is 0. The molecule has 0 bridgehead atoms. The Morgan fingerprint density at radius 3 is 2.17 bits per heavy atom. The molecule has 0 saturated heterocycles. The molecule has 0 saturated carbocycles. The topological polar surface area (TPSA) is 23.8 Å². The van der Waals surface area contributed by atoms with Gasteiger partial charge in [-0.05, 0) is 29.5 Å². The lowest BCUT2D eigenvalue weighted by Gasteiger charge is -2.10. The van der Waals surface area contributed by atoms with Crippen molar-refractivity contribution in [1.82, 2.24) is 0 Å². The Morgan fingerprint density at radius 2 is 1.48 bits per heavy atom. The summed E-state index contributed by atoms with van der Waals surface area (Å²) < 4.78 is 0. The van der Waals surface area contributed by atoms with E-state index in [1.54, 1.807) is 0 Å². The maximum absolute atomic E-state index is 9.61. The minimum absolute atomic E-state index is 0.852. The third kappa shape index (κ3) is 5.25. The summed E-state index contributed by atoms with van der Waals surface area (Å²) in [6.07, 6.45) is 10.2. The van der Waals surface area contributed by atoms with Crippen LogP contribution in [0.25, 0.3) is 11.1 Å². The fourth-order valence-electron chi connectivity index (χ4n) is 3.07.